The molecule has 1 N–H and O–H groups in total. The van der Waals surface area contributed by atoms with Crippen molar-refractivity contribution in [2.45, 2.75) is 26.4 Å². The first-order valence-electron chi connectivity index (χ1n) is 7.86. The van der Waals surface area contributed by atoms with Crippen LogP contribution in [0.1, 0.15) is 34.2 Å². The zero-order chi connectivity index (χ0) is 19.1. The van der Waals surface area contributed by atoms with E-state index in [1.165, 1.54) is 10.5 Å². The Hall–Kier alpha value is -2.54. The number of benzene rings is 1. The Morgan fingerprint density at radius 2 is 2.00 bits per heavy atom. The second-order valence-electron chi connectivity index (χ2n) is 5.82. The van der Waals surface area contributed by atoms with Crippen LogP contribution in [-0.2, 0) is 12.6 Å². The van der Waals surface area contributed by atoms with Gasteiger partial charge in [-0.1, -0.05) is 18.5 Å². The molecule has 3 aromatic rings. The van der Waals surface area contributed by atoms with Crippen LogP contribution in [-0.4, -0.2) is 15.3 Å². The van der Waals surface area contributed by atoms with Gasteiger partial charge in [0.1, 0.15) is 11.3 Å². The SMILES string of the molecule is CCc1nc2ccc(C(F)(F)F)cn2c1C(=O)Nc1ccc(Cl)cc1C. The van der Waals surface area contributed by atoms with Crippen molar-refractivity contribution in [3.05, 3.63) is 64.1 Å². The van der Waals surface area contributed by atoms with Crippen LogP contribution in [0.2, 0.25) is 5.02 Å². The number of hydrogen-bond donors (Lipinski definition) is 1. The molecule has 0 fully saturated rings. The summed E-state index contributed by atoms with van der Waals surface area (Å²) >= 11 is 5.91. The van der Waals surface area contributed by atoms with Gasteiger partial charge in [0, 0.05) is 16.9 Å². The van der Waals surface area contributed by atoms with Gasteiger partial charge in [-0.2, -0.15) is 13.2 Å². The number of aryl methyl sites for hydroxylation is 2. The number of carbonyl (C=O) groups excluding carboxylic acids is 1. The molecule has 2 aromatic heterocycles. The lowest BCUT2D eigenvalue weighted by Crippen LogP contribution is -2.17. The Balaban J connectivity index is 2.08. The Morgan fingerprint density at radius 3 is 2.62 bits per heavy atom. The van der Waals surface area contributed by atoms with Crippen LogP contribution in [0, 0.1) is 6.92 Å². The van der Waals surface area contributed by atoms with Crippen molar-refractivity contribution in [1.82, 2.24) is 9.38 Å². The van der Waals surface area contributed by atoms with E-state index in [0.717, 1.165) is 17.8 Å². The third-order valence-electron chi connectivity index (χ3n) is 4.00. The van der Waals surface area contributed by atoms with E-state index in [9.17, 15) is 18.0 Å². The number of fused-ring (bicyclic) bond motifs is 1. The normalized spacial score (nSPS) is 11.8. The average Bonchev–Trinajstić information content (AvgIpc) is 2.94. The van der Waals surface area contributed by atoms with Crippen molar-refractivity contribution in [3.63, 3.8) is 0 Å². The van der Waals surface area contributed by atoms with E-state index in [1.807, 2.05) is 0 Å². The standard InChI is InChI=1S/C18H15ClF3N3O/c1-3-13-16(17(26)24-14-6-5-12(19)8-10(14)2)25-9-11(18(20,21)22)4-7-15(25)23-13/h4-9H,3H2,1-2H3,(H,24,26). The number of imidazole rings is 1. The highest BCUT2D eigenvalue weighted by Gasteiger charge is 2.31. The molecule has 0 saturated carbocycles. The van der Waals surface area contributed by atoms with Gasteiger partial charge < -0.3 is 5.32 Å². The number of carbonyl (C=O) groups is 1. The Bertz CT molecular complexity index is 995. The number of nitrogens with zero attached hydrogens (tertiary/aromatic N) is 2. The fraction of sp³-hybridized carbons (Fsp3) is 0.222. The molecule has 0 aliphatic rings. The molecule has 0 unspecified atom stereocenters. The molecule has 26 heavy (non-hydrogen) atoms. The van der Waals surface area contributed by atoms with Crippen molar-refractivity contribution in [2.24, 2.45) is 0 Å². The summed E-state index contributed by atoms with van der Waals surface area (Å²) in [6, 6.07) is 7.17. The molecular weight excluding hydrogens is 367 g/mol. The van der Waals surface area contributed by atoms with Crippen LogP contribution in [0.15, 0.2) is 36.5 Å². The Morgan fingerprint density at radius 1 is 1.27 bits per heavy atom. The highest BCUT2D eigenvalue weighted by atomic mass is 35.5. The van der Waals surface area contributed by atoms with Crippen molar-refractivity contribution < 1.29 is 18.0 Å². The largest absolute Gasteiger partial charge is 0.417 e. The highest BCUT2D eigenvalue weighted by Crippen LogP contribution is 2.30. The van der Waals surface area contributed by atoms with Crippen LogP contribution in [0.5, 0.6) is 0 Å². The van der Waals surface area contributed by atoms with Gasteiger partial charge in [0.15, 0.2) is 0 Å². The quantitative estimate of drug-likeness (QED) is 0.683. The molecule has 0 aliphatic carbocycles. The Kier molecular flexibility index (Phi) is 4.66. The molecule has 136 valence electrons. The van der Waals surface area contributed by atoms with Gasteiger partial charge >= 0.3 is 6.18 Å². The van der Waals surface area contributed by atoms with Crippen LogP contribution in [0.25, 0.3) is 5.65 Å². The van der Waals surface area contributed by atoms with E-state index < -0.39 is 17.6 Å². The van der Waals surface area contributed by atoms with Gasteiger partial charge in [-0.05, 0) is 49.2 Å². The smallest absolute Gasteiger partial charge is 0.320 e. The van der Waals surface area contributed by atoms with Gasteiger partial charge in [0.25, 0.3) is 5.91 Å². The van der Waals surface area contributed by atoms with Crippen molar-refractivity contribution >= 4 is 28.8 Å². The molecule has 0 bridgehead atoms. The van der Waals surface area contributed by atoms with Crippen LogP contribution in [0.3, 0.4) is 0 Å². The predicted octanol–water partition coefficient (Wildman–Crippen LogP) is 5.13. The van der Waals surface area contributed by atoms with Gasteiger partial charge in [-0.3, -0.25) is 9.20 Å². The minimum Gasteiger partial charge on any atom is -0.320 e. The van der Waals surface area contributed by atoms with Crippen molar-refractivity contribution in [1.29, 1.82) is 0 Å². The summed E-state index contributed by atoms with van der Waals surface area (Å²) in [6.07, 6.45) is -3.21. The molecule has 4 nitrogen and oxygen atoms in total. The summed E-state index contributed by atoms with van der Waals surface area (Å²) in [5.41, 5.74) is 1.23. The van der Waals surface area contributed by atoms with Gasteiger partial charge in [0.2, 0.25) is 0 Å². The lowest BCUT2D eigenvalue weighted by atomic mass is 10.2. The fourth-order valence-corrected chi connectivity index (χ4v) is 2.92. The number of aromatic nitrogens is 2. The molecule has 0 atom stereocenters. The van der Waals surface area contributed by atoms with E-state index in [0.29, 0.717) is 22.8 Å². The second kappa shape index (κ2) is 6.64. The zero-order valence-corrected chi connectivity index (χ0v) is 14.7. The van der Waals surface area contributed by atoms with Gasteiger partial charge in [-0.15, -0.1) is 0 Å². The maximum absolute atomic E-state index is 13.0. The van der Waals surface area contributed by atoms with E-state index in [2.05, 4.69) is 10.3 Å². The summed E-state index contributed by atoms with van der Waals surface area (Å²) in [5.74, 6) is -0.529. The number of alkyl halides is 3. The number of amides is 1. The molecule has 0 aliphatic heterocycles. The molecule has 0 radical (unpaired) electrons. The highest BCUT2D eigenvalue weighted by molar-refractivity contribution is 6.30. The lowest BCUT2D eigenvalue weighted by Gasteiger charge is -2.11. The number of pyridine rings is 1. The van der Waals surface area contributed by atoms with E-state index in [-0.39, 0.29) is 11.3 Å². The zero-order valence-electron chi connectivity index (χ0n) is 14.0. The molecular formula is C18H15ClF3N3O. The molecule has 0 spiro atoms. The minimum atomic E-state index is -4.51. The maximum Gasteiger partial charge on any atom is 0.417 e. The Labute approximate surface area is 152 Å². The van der Waals surface area contributed by atoms with Gasteiger partial charge in [-0.25, -0.2) is 4.98 Å². The minimum absolute atomic E-state index is 0.0861. The van der Waals surface area contributed by atoms with E-state index in [1.54, 1.807) is 32.0 Å². The average molecular weight is 382 g/mol. The summed E-state index contributed by atoms with van der Waals surface area (Å²) in [6.45, 7) is 3.56. The molecule has 1 aromatic carbocycles. The van der Waals surface area contributed by atoms with E-state index in [4.69, 9.17) is 11.6 Å². The van der Waals surface area contributed by atoms with Crippen LogP contribution < -0.4 is 5.32 Å². The first-order chi connectivity index (χ1) is 12.2. The summed E-state index contributed by atoms with van der Waals surface area (Å²) in [5, 5.41) is 3.25. The number of halogens is 4. The van der Waals surface area contributed by atoms with Crippen LogP contribution in [0.4, 0.5) is 18.9 Å². The third-order valence-corrected chi connectivity index (χ3v) is 4.24. The van der Waals surface area contributed by atoms with E-state index >= 15 is 0 Å². The number of hydrogen-bond acceptors (Lipinski definition) is 2. The fourth-order valence-electron chi connectivity index (χ4n) is 2.70. The topological polar surface area (TPSA) is 46.4 Å². The lowest BCUT2D eigenvalue weighted by molar-refractivity contribution is -0.137. The summed E-state index contributed by atoms with van der Waals surface area (Å²) in [4.78, 5) is 17.0. The van der Waals surface area contributed by atoms with Crippen LogP contribution >= 0.6 is 11.6 Å². The first-order valence-corrected chi connectivity index (χ1v) is 8.24. The molecule has 3 rings (SSSR count). The third kappa shape index (κ3) is 3.39. The van der Waals surface area contributed by atoms with Crippen molar-refractivity contribution in [3.8, 4) is 0 Å². The number of rotatable bonds is 3. The molecule has 0 saturated heterocycles. The van der Waals surface area contributed by atoms with Crippen molar-refractivity contribution in [2.75, 3.05) is 5.32 Å². The maximum atomic E-state index is 13.0. The number of nitrogens with one attached hydrogen (secondary N) is 1. The predicted molar refractivity (Wildman–Crippen MR) is 93.7 cm³/mol. The summed E-state index contributed by atoms with van der Waals surface area (Å²) in [7, 11) is 0. The second-order valence-corrected chi connectivity index (χ2v) is 6.25. The molecule has 2 heterocycles. The summed E-state index contributed by atoms with van der Waals surface area (Å²) < 4.78 is 40.3. The number of anilines is 1. The monoisotopic (exact) mass is 381 g/mol. The van der Waals surface area contributed by atoms with Gasteiger partial charge in [0.05, 0.1) is 11.3 Å². The molecule has 8 heteroatoms. The first kappa shape index (κ1) is 18.3. The molecule has 1 amide bonds.